The Morgan fingerprint density at radius 2 is 2.22 bits per heavy atom. The van der Waals surface area contributed by atoms with Gasteiger partial charge in [0.15, 0.2) is 0 Å². The highest BCUT2D eigenvalue weighted by Crippen LogP contribution is 2.20. The summed E-state index contributed by atoms with van der Waals surface area (Å²) in [5.41, 5.74) is 0.990. The summed E-state index contributed by atoms with van der Waals surface area (Å²) in [5, 5.41) is 0.836. The van der Waals surface area contributed by atoms with Crippen LogP contribution >= 0.6 is 31.9 Å². The third-order valence-corrected chi connectivity index (χ3v) is 4.29. The average molecular weight is 381 g/mol. The van der Waals surface area contributed by atoms with Gasteiger partial charge < -0.3 is 4.74 Å². The van der Waals surface area contributed by atoms with Crippen molar-refractivity contribution in [3.05, 3.63) is 34.1 Å². The maximum absolute atomic E-state index is 13.3. The summed E-state index contributed by atoms with van der Waals surface area (Å²) in [6.45, 7) is 4.50. The molecule has 5 heteroatoms. The zero-order chi connectivity index (χ0) is 13.1. The van der Waals surface area contributed by atoms with E-state index >= 15 is 0 Å². The predicted octanol–water partition coefficient (Wildman–Crippen LogP) is 3.57. The van der Waals surface area contributed by atoms with E-state index in [1.165, 1.54) is 6.07 Å². The van der Waals surface area contributed by atoms with Crippen LogP contribution in [0, 0.1) is 5.82 Å². The molecule has 100 valence electrons. The molecule has 0 spiro atoms. The zero-order valence-corrected chi connectivity index (χ0v) is 13.4. The van der Waals surface area contributed by atoms with Crippen molar-refractivity contribution in [2.24, 2.45) is 0 Å². The van der Waals surface area contributed by atoms with Crippen LogP contribution in [0.1, 0.15) is 12.5 Å². The highest BCUT2D eigenvalue weighted by atomic mass is 79.9. The molecule has 1 aromatic rings. The first-order valence-corrected chi connectivity index (χ1v) is 7.86. The largest absolute Gasteiger partial charge is 0.374 e. The SMILES string of the molecule is CC1COC(CBr)CN1Cc1cc(F)cc(Br)c1. The Balaban J connectivity index is 2.06. The predicted molar refractivity (Wildman–Crippen MR) is 77.5 cm³/mol. The molecule has 2 unspecified atom stereocenters. The van der Waals surface area contributed by atoms with Gasteiger partial charge in [0.2, 0.25) is 0 Å². The van der Waals surface area contributed by atoms with E-state index in [1.807, 2.05) is 6.07 Å². The lowest BCUT2D eigenvalue weighted by atomic mass is 10.1. The minimum atomic E-state index is -0.197. The van der Waals surface area contributed by atoms with Crippen LogP contribution in [0.2, 0.25) is 0 Å². The molecule has 0 bridgehead atoms. The monoisotopic (exact) mass is 379 g/mol. The van der Waals surface area contributed by atoms with E-state index in [1.54, 1.807) is 6.07 Å². The van der Waals surface area contributed by atoms with E-state index in [0.29, 0.717) is 6.04 Å². The number of rotatable bonds is 3. The first-order chi connectivity index (χ1) is 8.58. The smallest absolute Gasteiger partial charge is 0.124 e. The van der Waals surface area contributed by atoms with Crippen LogP contribution < -0.4 is 0 Å². The highest BCUT2D eigenvalue weighted by molar-refractivity contribution is 9.10. The molecule has 0 saturated carbocycles. The minimum absolute atomic E-state index is 0.197. The summed E-state index contributed by atoms with van der Waals surface area (Å²) in [7, 11) is 0. The van der Waals surface area contributed by atoms with Crippen LogP contribution in [0.5, 0.6) is 0 Å². The van der Waals surface area contributed by atoms with Crippen LogP contribution in [0.25, 0.3) is 0 Å². The number of alkyl halides is 1. The van der Waals surface area contributed by atoms with Crippen molar-refractivity contribution in [2.45, 2.75) is 25.6 Å². The number of benzene rings is 1. The van der Waals surface area contributed by atoms with Crippen LogP contribution in [-0.2, 0) is 11.3 Å². The fourth-order valence-electron chi connectivity index (χ4n) is 2.13. The van der Waals surface area contributed by atoms with Crippen molar-refractivity contribution in [1.29, 1.82) is 0 Å². The summed E-state index contributed by atoms with van der Waals surface area (Å²) in [6, 6.07) is 5.40. The number of hydrogen-bond acceptors (Lipinski definition) is 2. The van der Waals surface area contributed by atoms with E-state index in [0.717, 1.165) is 35.1 Å². The molecular formula is C13H16Br2FNO. The first-order valence-electron chi connectivity index (χ1n) is 5.95. The second-order valence-electron chi connectivity index (χ2n) is 4.67. The molecule has 0 radical (unpaired) electrons. The van der Waals surface area contributed by atoms with E-state index in [4.69, 9.17) is 4.74 Å². The van der Waals surface area contributed by atoms with Gasteiger partial charge in [-0.1, -0.05) is 31.9 Å². The minimum Gasteiger partial charge on any atom is -0.374 e. The Kier molecular flexibility index (Phi) is 5.18. The topological polar surface area (TPSA) is 12.5 Å². The van der Waals surface area contributed by atoms with E-state index in [2.05, 4.69) is 43.7 Å². The number of hydrogen-bond donors (Lipinski definition) is 0. The molecule has 1 aromatic carbocycles. The molecule has 0 amide bonds. The van der Waals surface area contributed by atoms with Gasteiger partial charge >= 0.3 is 0 Å². The normalized spacial score (nSPS) is 25.3. The van der Waals surface area contributed by atoms with Gasteiger partial charge in [-0.25, -0.2) is 4.39 Å². The van der Waals surface area contributed by atoms with Gasteiger partial charge in [-0.2, -0.15) is 0 Å². The lowest BCUT2D eigenvalue weighted by Crippen LogP contribution is -2.48. The van der Waals surface area contributed by atoms with Gasteiger partial charge in [-0.3, -0.25) is 4.90 Å². The summed E-state index contributed by atoms with van der Waals surface area (Å²) >= 11 is 6.78. The lowest BCUT2D eigenvalue weighted by Gasteiger charge is -2.37. The number of nitrogens with zero attached hydrogens (tertiary/aromatic N) is 1. The van der Waals surface area contributed by atoms with Gasteiger partial charge in [0.25, 0.3) is 0 Å². The molecule has 0 N–H and O–H groups in total. The zero-order valence-electron chi connectivity index (χ0n) is 10.2. The van der Waals surface area contributed by atoms with Gasteiger partial charge in [-0.15, -0.1) is 0 Å². The van der Waals surface area contributed by atoms with Crippen molar-refractivity contribution in [1.82, 2.24) is 4.90 Å². The molecule has 1 fully saturated rings. The van der Waals surface area contributed by atoms with E-state index in [-0.39, 0.29) is 11.9 Å². The molecule has 1 saturated heterocycles. The van der Waals surface area contributed by atoms with Crippen molar-refractivity contribution in [3.8, 4) is 0 Å². The molecule has 2 nitrogen and oxygen atoms in total. The van der Waals surface area contributed by atoms with Crippen LogP contribution in [0.15, 0.2) is 22.7 Å². The molecule has 0 aromatic heterocycles. The standard InChI is InChI=1S/C13H16Br2FNO/c1-9-8-18-13(5-14)7-17(9)6-10-2-11(15)4-12(16)3-10/h2-4,9,13H,5-8H2,1H3. The van der Waals surface area contributed by atoms with Crippen molar-refractivity contribution in [3.63, 3.8) is 0 Å². The molecular weight excluding hydrogens is 365 g/mol. The van der Waals surface area contributed by atoms with Gasteiger partial charge in [0, 0.05) is 28.9 Å². The Hall–Kier alpha value is 0.0300. The Bertz CT molecular complexity index is 396. The van der Waals surface area contributed by atoms with Crippen LogP contribution in [0.3, 0.4) is 0 Å². The number of halogens is 3. The molecule has 1 heterocycles. The van der Waals surface area contributed by atoms with Crippen LogP contribution in [0.4, 0.5) is 4.39 Å². The first kappa shape index (κ1) is 14.4. The van der Waals surface area contributed by atoms with Crippen molar-refractivity contribution < 1.29 is 9.13 Å². The molecule has 18 heavy (non-hydrogen) atoms. The quantitative estimate of drug-likeness (QED) is 0.743. The highest BCUT2D eigenvalue weighted by Gasteiger charge is 2.25. The maximum atomic E-state index is 13.3. The molecule has 0 aliphatic carbocycles. The molecule has 1 aliphatic heterocycles. The maximum Gasteiger partial charge on any atom is 0.124 e. The second kappa shape index (κ2) is 6.46. The third kappa shape index (κ3) is 3.76. The van der Waals surface area contributed by atoms with E-state index < -0.39 is 0 Å². The van der Waals surface area contributed by atoms with Crippen LogP contribution in [-0.4, -0.2) is 35.5 Å². The van der Waals surface area contributed by atoms with Gasteiger partial charge in [0.05, 0.1) is 12.7 Å². The second-order valence-corrected chi connectivity index (χ2v) is 6.23. The number of ether oxygens (including phenoxy) is 1. The van der Waals surface area contributed by atoms with E-state index in [9.17, 15) is 4.39 Å². The summed E-state index contributed by atoms with van der Waals surface area (Å²) < 4.78 is 19.8. The number of morpholine rings is 1. The Morgan fingerprint density at radius 3 is 2.89 bits per heavy atom. The molecule has 1 aliphatic rings. The summed E-state index contributed by atoms with van der Waals surface area (Å²) in [6.07, 6.45) is 0.221. The van der Waals surface area contributed by atoms with Crippen molar-refractivity contribution in [2.75, 3.05) is 18.5 Å². The summed E-state index contributed by atoms with van der Waals surface area (Å²) in [5.74, 6) is -0.197. The van der Waals surface area contributed by atoms with Gasteiger partial charge in [-0.05, 0) is 30.7 Å². The fraction of sp³-hybridized carbons (Fsp3) is 0.538. The van der Waals surface area contributed by atoms with Gasteiger partial charge in [0.1, 0.15) is 5.82 Å². The Morgan fingerprint density at radius 1 is 1.44 bits per heavy atom. The van der Waals surface area contributed by atoms with Crippen molar-refractivity contribution >= 4 is 31.9 Å². The average Bonchev–Trinajstić information content (AvgIpc) is 2.30. The molecule has 2 rings (SSSR count). The summed E-state index contributed by atoms with van der Waals surface area (Å²) in [4.78, 5) is 2.33. The lowest BCUT2D eigenvalue weighted by molar-refractivity contribution is -0.0500. The third-order valence-electron chi connectivity index (χ3n) is 3.11. The Labute approximate surface area is 124 Å². The fourth-order valence-corrected chi connectivity index (χ4v) is 3.03. The molecule has 2 atom stereocenters.